The molecule has 0 saturated carbocycles. The Bertz CT molecular complexity index is 812. The number of imidazole rings is 1. The predicted octanol–water partition coefficient (Wildman–Crippen LogP) is 4.99. The molecule has 5 heteroatoms. The molecule has 1 aliphatic rings. The number of aryl methyl sites for hydroxylation is 1. The normalized spacial score (nSPS) is 16.9. The van der Waals surface area contributed by atoms with Crippen LogP contribution in [0.5, 0.6) is 0 Å². The first kappa shape index (κ1) is 21.7. The molecule has 160 valence electrons. The van der Waals surface area contributed by atoms with E-state index in [1.165, 1.54) is 5.52 Å². The van der Waals surface area contributed by atoms with E-state index in [9.17, 15) is 4.79 Å². The number of anilines is 1. The number of carbonyl (C=O) groups excluding carboxylic acids is 1. The highest BCUT2D eigenvalue weighted by Crippen LogP contribution is 2.27. The number of fused-ring (bicyclic) bond motifs is 1. The zero-order chi connectivity index (χ0) is 21.0. The lowest BCUT2D eigenvalue weighted by molar-refractivity contribution is -0.122. The largest absolute Gasteiger partial charge is 0.353 e. The van der Waals surface area contributed by atoms with Crippen LogP contribution in [0.4, 0.5) is 5.95 Å². The Morgan fingerprint density at radius 1 is 1.24 bits per heavy atom. The molecular weight excluding hydrogens is 360 g/mol. The number of carbonyl (C=O) groups is 1. The molecule has 1 unspecified atom stereocenters. The highest BCUT2D eigenvalue weighted by atomic mass is 16.1. The van der Waals surface area contributed by atoms with Crippen LogP contribution in [0.1, 0.15) is 66.7 Å². The third kappa shape index (κ3) is 5.74. The van der Waals surface area contributed by atoms with Crippen LogP contribution < -0.4 is 10.2 Å². The summed E-state index contributed by atoms with van der Waals surface area (Å²) in [5.74, 6) is 1.71. The van der Waals surface area contributed by atoms with E-state index in [1.54, 1.807) is 0 Å². The molecule has 1 amide bonds. The van der Waals surface area contributed by atoms with Crippen molar-refractivity contribution < 1.29 is 4.79 Å². The quantitative estimate of drug-likeness (QED) is 0.714. The lowest BCUT2D eigenvalue weighted by Gasteiger charge is -2.33. The van der Waals surface area contributed by atoms with Gasteiger partial charge in [-0.3, -0.25) is 4.79 Å². The highest BCUT2D eigenvalue weighted by Gasteiger charge is 2.25. The van der Waals surface area contributed by atoms with E-state index >= 15 is 0 Å². The van der Waals surface area contributed by atoms with Crippen molar-refractivity contribution >= 4 is 22.9 Å². The maximum Gasteiger partial charge on any atom is 0.220 e. The summed E-state index contributed by atoms with van der Waals surface area (Å²) in [5, 5.41) is 3.28. The van der Waals surface area contributed by atoms with Crippen molar-refractivity contribution in [2.75, 3.05) is 18.0 Å². The smallest absolute Gasteiger partial charge is 0.220 e. The van der Waals surface area contributed by atoms with Gasteiger partial charge in [0.25, 0.3) is 0 Å². The summed E-state index contributed by atoms with van der Waals surface area (Å²) >= 11 is 0. The van der Waals surface area contributed by atoms with Crippen LogP contribution in [0.25, 0.3) is 11.0 Å². The monoisotopic (exact) mass is 398 g/mol. The second kappa shape index (κ2) is 9.19. The fourth-order valence-corrected chi connectivity index (χ4v) is 4.69. The van der Waals surface area contributed by atoms with E-state index in [2.05, 4.69) is 73.7 Å². The Morgan fingerprint density at radius 3 is 2.59 bits per heavy atom. The Balaban J connectivity index is 1.56. The average molecular weight is 399 g/mol. The molecule has 1 N–H and O–H groups in total. The number of nitrogens with one attached hydrogen (secondary N) is 1. The zero-order valence-electron chi connectivity index (χ0n) is 18.9. The van der Waals surface area contributed by atoms with Crippen molar-refractivity contribution in [2.45, 2.75) is 79.3 Å². The number of piperidine rings is 1. The minimum atomic E-state index is 0.207. The molecule has 0 bridgehead atoms. The summed E-state index contributed by atoms with van der Waals surface area (Å²) in [6.45, 7) is 14.0. The summed E-state index contributed by atoms with van der Waals surface area (Å²) in [6.07, 6.45) is 4.76. The van der Waals surface area contributed by atoms with E-state index < -0.39 is 0 Å². The summed E-state index contributed by atoms with van der Waals surface area (Å²) in [6, 6.07) is 8.68. The molecule has 2 heterocycles. The second-order valence-electron chi connectivity index (χ2n) is 9.96. The van der Waals surface area contributed by atoms with Gasteiger partial charge >= 0.3 is 0 Å². The SMILES string of the molecule is CCCn1c(N2CCC(NC(=O)CC(C)CC(C)(C)C)CC2)nc2ccccc21. The lowest BCUT2D eigenvalue weighted by atomic mass is 9.84. The summed E-state index contributed by atoms with van der Waals surface area (Å²) in [4.78, 5) is 19.8. The molecule has 1 atom stereocenters. The van der Waals surface area contributed by atoms with Gasteiger partial charge in [-0.2, -0.15) is 0 Å². The van der Waals surface area contributed by atoms with E-state index in [1.807, 2.05) is 0 Å². The zero-order valence-corrected chi connectivity index (χ0v) is 18.9. The number of amides is 1. The molecule has 1 fully saturated rings. The Morgan fingerprint density at radius 2 is 1.93 bits per heavy atom. The Hall–Kier alpha value is -2.04. The molecule has 1 aromatic heterocycles. The van der Waals surface area contributed by atoms with Gasteiger partial charge < -0.3 is 14.8 Å². The molecule has 0 spiro atoms. The van der Waals surface area contributed by atoms with Crippen LogP contribution >= 0.6 is 0 Å². The molecule has 0 radical (unpaired) electrons. The van der Waals surface area contributed by atoms with Crippen molar-refractivity contribution in [1.29, 1.82) is 0 Å². The van der Waals surface area contributed by atoms with Gasteiger partial charge in [0.1, 0.15) is 0 Å². The summed E-state index contributed by atoms with van der Waals surface area (Å²) in [7, 11) is 0. The second-order valence-corrected chi connectivity index (χ2v) is 9.96. The first-order valence-electron chi connectivity index (χ1n) is 11.3. The number of hydrogen-bond donors (Lipinski definition) is 1. The lowest BCUT2D eigenvalue weighted by Crippen LogP contribution is -2.45. The van der Waals surface area contributed by atoms with Crippen LogP contribution in [-0.4, -0.2) is 34.6 Å². The molecule has 0 aliphatic carbocycles. The third-order valence-corrected chi connectivity index (χ3v) is 5.72. The van der Waals surface area contributed by atoms with Crippen LogP contribution in [0, 0.1) is 11.3 Å². The molecular formula is C24H38N4O. The Labute approximate surface area is 175 Å². The minimum Gasteiger partial charge on any atom is -0.353 e. The first-order chi connectivity index (χ1) is 13.8. The van der Waals surface area contributed by atoms with Crippen LogP contribution in [-0.2, 0) is 11.3 Å². The maximum atomic E-state index is 12.5. The Kier molecular flexibility index (Phi) is 6.86. The maximum absolute atomic E-state index is 12.5. The van der Waals surface area contributed by atoms with Gasteiger partial charge in [0.05, 0.1) is 11.0 Å². The van der Waals surface area contributed by atoms with Crippen LogP contribution in [0.2, 0.25) is 0 Å². The number of rotatable bonds is 7. The first-order valence-corrected chi connectivity index (χ1v) is 11.3. The summed E-state index contributed by atoms with van der Waals surface area (Å²) < 4.78 is 2.35. The van der Waals surface area contributed by atoms with E-state index in [4.69, 9.17) is 4.98 Å². The van der Waals surface area contributed by atoms with Gasteiger partial charge in [-0.1, -0.05) is 46.8 Å². The van der Waals surface area contributed by atoms with E-state index in [0.717, 1.165) is 56.8 Å². The number of aromatic nitrogens is 2. The summed E-state index contributed by atoms with van der Waals surface area (Å²) in [5.41, 5.74) is 2.56. The molecule has 2 aromatic rings. The van der Waals surface area contributed by atoms with Gasteiger partial charge in [0, 0.05) is 32.1 Å². The fraction of sp³-hybridized carbons (Fsp3) is 0.667. The molecule has 29 heavy (non-hydrogen) atoms. The number of para-hydroxylation sites is 2. The fourth-order valence-electron chi connectivity index (χ4n) is 4.69. The molecule has 1 aromatic carbocycles. The highest BCUT2D eigenvalue weighted by molar-refractivity contribution is 5.79. The van der Waals surface area contributed by atoms with Gasteiger partial charge in [-0.25, -0.2) is 4.98 Å². The van der Waals surface area contributed by atoms with Crippen molar-refractivity contribution in [3.8, 4) is 0 Å². The van der Waals surface area contributed by atoms with E-state index in [0.29, 0.717) is 12.3 Å². The average Bonchev–Trinajstić information content (AvgIpc) is 3.00. The van der Waals surface area contributed by atoms with Crippen LogP contribution in [0.3, 0.4) is 0 Å². The van der Waals surface area contributed by atoms with Crippen molar-refractivity contribution in [2.24, 2.45) is 11.3 Å². The number of hydrogen-bond acceptors (Lipinski definition) is 3. The minimum absolute atomic E-state index is 0.207. The third-order valence-electron chi connectivity index (χ3n) is 5.72. The number of benzene rings is 1. The van der Waals surface area contributed by atoms with Crippen molar-refractivity contribution in [1.82, 2.24) is 14.9 Å². The van der Waals surface area contributed by atoms with Gasteiger partial charge in [0.15, 0.2) is 0 Å². The van der Waals surface area contributed by atoms with Gasteiger partial charge in [0.2, 0.25) is 11.9 Å². The van der Waals surface area contributed by atoms with Gasteiger partial charge in [-0.05, 0) is 49.1 Å². The standard InChI is InChI=1S/C24H38N4O/c1-6-13-28-21-10-8-7-9-20(21)26-23(28)27-14-11-19(12-15-27)25-22(29)16-18(2)17-24(3,4)5/h7-10,18-19H,6,11-17H2,1-5H3,(H,25,29). The topological polar surface area (TPSA) is 50.2 Å². The molecule has 5 nitrogen and oxygen atoms in total. The van der Waals surface area contributed by atoms with Crippen molar-refractivity contribution in [3.63, 3.8) is 0 Å². The molecule has 3 rings (SSSR count). The van der Waals surface area contributed by atoms with Crippen molar-refractivity contribution in [3.05, 3.63) is 24.3 Å². The van der Waals surface area contributed by atoms with Gasteiger partial charge in [-0.15, -0.1) is 0 Å². The molecule has 1 saturated heterocycles. The van der Waals surface area contributed by atoms with E-state index in [-0.39, 0.29) is 17.4 Å². The van der Waals surface area contributed by atoms with Crippen LogP contribution in [0.15, 0.2) is 24.3 Å². The molecule has 1 aliphatic heterocycles. The predicted molar refractivity (Wildman–Crippen MR) is 121 cm³/mol. The number of nitrogens with zero attached hydrogens (tertiary/aromatic N) is 3.